The molecule has 118 valence electrons. The second-order valence-electron chi connectivity index (χ2n) is 7.52. The van der Waals surface area contributed by atoms with Gasteiger partial charge in [0.1, 0.15) is 0 Å². The topological polar surface area (TPSA) is 0 Å². The van der Waals surface area contributed by atoms with E-state index >= 15 is 0 Å². The van der Waals surface area contributed by atoms with Crippen molar-refractivity contribution in [2.45, 2.75) is 30.6 Å². The summed E-state index contributed by atoms with van der Waals surface area (Å²) in [4.78, 5) is 0. The van der Waals surface area contributed by atoms with Crippen LogP contribution < -0.4 is 0 Å². The Morgan fingerprint density at radius 2 is 0.958 bits per heavy atom. The lowest BCUT2D eigenvalue weighted by Crippen LogP contribution is -2.31. The molecule has 0 spiro atoms. The van der Waals surface area contributed by atoms with E-state index in [2.05, 4.69) is 91.9 Å². The zero-order valence-electron chi connectivity index (χ0n) is 14.1. The second-order valence-corrected chi connectivity index (χ2v) is 7.52. The average Bonchev–Trinajstić information content (AvgIpc) is 3.21. The van der Waals surface area contributed by atoms with Crippen LogP contribution in [0.1, 0.15) is 29.2 Å². The van der Waals surface area contributed by atoms with E-state index in [0.29, 0.717) is 5.92 Å². The lowest BCUT2D eigenvalue weighted by Gasteiger charge is -2.33. The first-order chi connectivity index (χ1) is 11.8. The lowest BCUT2D eigenvalue weighted by molar-refractivity contribution is 0.498. The Balaban J connectivity index is 1.76. The Labute approximate surface area is 144 Å². The van der Waals surface area contributed by atoms with Crippen LogP contribution in [0.25, 0.3) is 0 Å². The molecule has 0 N–H and O–H groups in total. The summed E-state index contributed by atoms with van der Waals surface area (Å²) in [7, 11) is 0. The Morgan fingerprint density at radius 1 is 0.583 bits per heavy atom. The predicted octanol–water partition coefficient (Wildman–Crippen LogP) is 5.31. The van der Waals surface area contributed by atoms with Crippen molar-refractivity contribution in [2.75, 3.05) is 0 Å². The first-order valence-electron chi connectivity index (χ1n) is 8.97. The van der Waals surface area contributed by atoms with Gasteiger partial charge in [-0.3, -0.25) is 0 Å². The van der Waals surface area contributed by atoms with Crippen LogP contribution in [0.3, 0.4) is 0 Å². The fourth-order valence-electron chi connectivity index (χ4n) is 5.63. The Bertz CT molecular complexity index is 806. The normalized spacial score (nSPS) is 30.3. The van der Waals surface area contributed by atoms with Gasteiger partial charge in [0.05, 0.1) is 0 Å². The molecule has 0 amide bonds. The fourth-order valence-corrected chi connectivity index (χ4v) is 5.63. The van der Waals surface area contributed by atoms with Crippen LogP contribution in [-0.4, -0.2) is 0 Å². The molecule has 0 aromatic heterocycles. The molecule has 3 atom stereocenters. The minimum atomic E-state index is 0.240. The van der Waals surface area contributed by atoms with Crippen molar-refractivity contribution < 1.29 is 0 Å². The summed E-state index contributed by atoms with van der Waals surface area (Å²) in [6.45, 7) is 2.46. The largest absolute Gasteiger partial charge is 0.0622 e. The van der Waals surface area contributed by atoms with Crippen molar-refractivity contribution in [2.24, 2.45) is 5.92 Å². The van der Waals surface area contributed by atoms with E-state index in [0.717, 1.165) is 12.8 Å². The third-order valence-corrected chi connectivity index (χ3v) is 6.83. The van der Waals surface area contributed by atoms with E-state index in [9.17, 15) is 0 Å². The van der Waals surface area contributed by atoms with Crippen LogP contribution in [0.5, 0.6) is 0 Å². The van der Waals surface area contributed by atoms with Gasteiger partial charge >= 0.3 is 0 Å². The molecular formula is C24H22. The van der Waals surface area contributed by atoms with E-state index in [1.165, 1.54) is 22.3 Å². The number of hydrogen-bond acceptors (Lipinski definition) is 0. The maximum Gasteiger partial charge on any atom is 0.0131 e. The SMILES string of the molecule is CC1[C@@]2(c3ccccc3)Cc3ccccc3C[C@@]12c1ccccc1. The molecule has 24 heavy (non-hydrogen) atoms. The summed E-state index contributed by atoms with van der Waals surface area (Å²) in [6.07, 6.45) is 2.31. The summed E-state index contributed by atoms with van der Waals surface area (Å²) in [5.41, 5.74) is 6.58. The van der Waals surface area contributed by atoms with Crippen LogP contribution in [0.15, 0.2) is 84.9 Å². The van der Waals surface area contributed by atoms with Crippen LogP contribution in [0.2, 0.25) is 0 Å². The van der Waals surface area contributed by atoms with E-state index < -0.39 is 0 Å². The highest BCUT2D eigenvalue weighted by Crippen LogP contribution is 2.74. The summed E-state index contributed by atoms with van der Waals surface area (Å²) < 4.78 is 0. The molecule has 1 unspecified atom stereocenters. The molecule has 0 saturated heterocycles. The van der Waals surface area contributed by atoms with Gasteiger partial charge in [0.25, 0.3) is 0 Å². The van der Waals surface area contributed by atoms with Crippen LogP contribution in [-0.2, 0) is 23.7 Å². The molecule has 0 heterocycles. The van der Waals surface area contributed by atoms with Gasteiger partial charge in [0.15, 0.2) is 0 Å². The summed E-state index contributed by atoms with van der Waals surface area (Å²) in [5, 5.41) is 0. The van der Waals surface area contributed by atoms with Gasteiger partial charge < -0.3 is 0 Å². The van der Waals surface area contributed by atoms with E-state index in [1.54, 1.807) is 0 Å². The molecule has 3 aromatic rings. The van der Waals surface area contributed by atoms with Gasteiger partial charge in [-0.05, 0) is 41.0 Å². The molecule has 0 aliphatic heterocycles. The second kappa shape index (κ2) is 4.83. The third-order valence-electron chi connectivity index (χ3n) is 6.83. The molecule has 5 rings (SSSR count). The van der Waals surface area contributed by atoms with Crippen LogP contribution in [0.4, 0.5) is 0 Å². The van der Waals surface area contributed by atoms with Crippen LogP contribution in [0, 0.1) is 5.92 Å². The van der Waals surface area contributed by atoms with E-state index in [1.807, 2.05) is 0 Å². The van der Waals surface area contributed by atoms with E-state index in [-0.39, 0.29) is 10.8 Å². The van der Waals surface area contributed by atoms with Crippen molar-refractivity contribution in [1.29, 1.82) is 0 Å². The molecule has 0 bridgehead atoms. The van der Waals surface area contributed by atoms with Crippen molar-refractivity contribution in [1.82, 2.24) is 0 Å². The monoisotopic (exact) mass is 310 g/mol. The molecule has 2 aliphatic rings. The molecule has 0 heteroatoms. The zero-order valence-corrected chi connectivity index (χ0v) is 14.1. The maximum atomic E-state index is 2.46. The number of rotatable bonds is 2. The lowest BCUT2D eigenvalue weighted by atomic mass is 9.70. The van der Waals surface area contributed by atoms with Gasteiger partial charge in [-0.2, -0.15) is 0 Å². The number of fused-ring (bicyclic) bond motifs is 2. The highest BCUT2D eigenvalue weighted by Gasteiger charge is 2.75. The first-order valence-corrected chi connectivity index (χ1v) is 8.97. The van der Waals surface area contributed by atoms with Crippen molar-refractivity contribution in [3.63, 3.8) is 0 Å². The number of hydrogen-bond donors (Lipinski definition) is 0. The van der Waals surface area contributed by atoms with Crippen LogP contribution >= 0.6 is 0 Å². The fraction of sp³-hybridized carbons (Fsp3) is 0.250. The summed E-state index contributed by atoms with van der Waals surface area (Å²) in [6, 6.07) is 31.5. The Morgan fingerprint density at radius 3 is 1.38 bits per heavy atom. The Hall–Kier alpha value is -2.34. The van der Waals surface area contributed by atoms with Gasteiger partial charge in [-0.25, -0.2) is 0 Å². The maximum absolute atomic E-state index is 2.46. The highest BCUT2D eigenvalue weighted by molar-refractivity contribution is 5.58. The summed E-state index contributed by atoms with van der Waals surface area (Å²) in [5.74, 6) is 0.655. The minimum absolute atomic E-state index is 0.240. The molecule has 0 radical (unpaired) electrons. The highest BCUT2D eigenvalue weighted by atomic mass is 14.8. The van der Waals surface area contributed by atoms with Crippen molar-refractivity contribution >= 4 is 0 Å². The molecule has 2 aliphatic carbocycles. The molecular weight excluding hydrogens is 288 g/mol. The average molecular weight is 310 g/mol. The smallest absolute Gasteiger partial charge is 0.0131 e. The quantitative estimate of drug-likeness (QED) is 0.601. The van der Waals surface area contributed by atoms with Crippen molar-refractivity contribution in [3.05, 3.63) is 107 Å². The van der Waals surface area contributed by atoms with Gasteiger partial charge in [-0.15, -0.1) is 0 Å². The van der Waals surface area contributed by atoms with E-state index in [4.69, 9.17) is 0 Å². The van der Waals surface area contributed by atoms with Crippen molar-refractivity contribution in [3.8, 4) is 0 Å². The third kappa shape index (κ3) is 1.59. The van der Waals surface area contributed by atoms with Gasteiger partial charge in [0, 0.05) is 10.8 Å². The van der Waals surface area contributed by atoms with Gasteiger partial charge in [-0.1, -0.05) is 91.9 Å². The molecule has 1 saturated carbocycles. The predicted molar refractivity (Wildman–Crippen MR) is 99.3 cm³/mol. The number of benzene rings is 3. The zero-order chi connectivity index (χ0) is 16.2. The summed E-state index contributed by atoms with van der Waals surface area (Å²) >= 11 is 0. The van der Waals surface area contributed by atoms with Gasteiger partial charge in [0.2, 0.25) is 0 Å². The first kappa shape index (κ1) is 14.0. The minimum Gasteiger partial charge on any atom is -0.0622 e. The standard InChI is InChI=1S/C24H22/c1-18-23(21-12-4-2-5-13-21)16-19-10-8-9-11-20(19)17-24(18,23)22-14-6-3-7-15-22/h2-15,18H,16-17H2,1H3/t18?,23-,24+. The molecule has 1 fully saturated rings. The molecule has 0 nitrogen and oxygen atoms in total. The molecule has 3 aromatic carbocycles. The Kier molecular flexibility index (Phi) is 2.83.